The third-order valence-electron chi connectivity index (χ3n) is 3.46. The third kappa shape index (κ3) is 3.87. The number of carbonyl (C=O) groups is 1. The van der Waals surface area contributed by atoms with E-state index < -0.39 is 0 Å². The molecule has 2 N–H and O–H groups in total. The first kappa shape index (κ1) is 16.8. The number of nitrogens with zero attached hydrogens (tertiary/aromatic N) is 1. The monoisotopic (exact) mass is 298 g/mol. The molecule has 5 heteroatoms. The quantitative estimate of drug-likeness (QED) is 0.908. The van der Waals surface area contributed by atoms with Crippen LogP contribution in [0.3, 0.4) is 0 Å². The second-order valence-electron chi connectivity index (χ2n) is 4.91. The predicted octanol–water partition coefficient (Wildman–Crippen LogP) is 2.46. The highest BCUT2D eigenvalue weighted by atomic mass is 35.5. The van der Waals surface area contributed by atoms with Crippen molar-refractivity contribution < 1.29 is 9.53 Å². The molecule has 4 nitrogen and oxygen atoms in total. The van der Waals surface area contributed by atoms with Crippen LogP contribution >= 0.6 is 12.4 Å². The fourth-order valence-electron chi connectivity index (χ4n) is 2.45. The van der Waals surface area contributed by atoms with Crippen LogP contribution in [-0.2, 0) is 0 Å². The minimum absolute atomic E-state index is 0. The molecule has 1 saturated heterocycles. The second kappa shape index (κ2) is 8.12. The van der Waals surface area contributed by atoms with Gasteiger partial charge in [-0.15, -0.1) is 12.4 Å². The summed E-state index contributed by atoms with van der Waals surface area (Å²) in [7, 11) is 0. The van der Waals surface area contributed by atoms with Gasteiger partial charge in [-0.25, -0.2) is 0 Å². The van der Waals surface area contributed by atoms with Gasteiger partial charge in [0.1, 0.15) is 5.75 Å². The van der Waals surface area contributed by atoms with Gasteiger partial charge in [0.25, 0.3) is 5.91 Å². The third-order valence-corrected chi connectivity index (χ3v) is 3.46. The van der Waals surface area contributed by atoms with Crippen LogP contribution in [0.15, 0.2) is 24.3 Å². The molecule has 1 aromatic carbocycles. The first-order valence-electron chi connectivity index (χ1n) is 7.00. The van der Waals surface area contributed by atoms with Crippen molar-refractivity contribution in [2.75, 3.05) is 19.7 Å². The summed E-state index contributed by atoms with van der Waals surface area (Å²) in [5.41, 5.74) is 6.41. The molecular formula is C15H23ClN2O2. The molecule has 1 fully saturated rings. The van der Waals surface area contributed by atoms with Gasteiger partial charge < -0.3 is 15.4 Å². The highest BCUT2D eigenvalue weighted by Gasteiger charge is 2.28. The van der Waals surface area contributed by atoms with Crippen molar-refractivity contribution in [3.05, 3.63) is 29.8 Å². The number of carbonyl (C=O) groups excluding carboxylic acids is 1. The van der Waals surface area contributed by atoms with Gasteiger partial charge in [-0.2, -0.15) is 0 Å². The van der Waals surface area contributed by atoms with Gasteiger partial charge in [0.2, 0.25) is 0 Å². The lowest BCUT2D eigenvalue weighted by Gasteiger charge is -2.23. The molecule has 0 radical (unpaired) electrons. The van der Waals surface area contributed by atoms with Crippen LogP contribution in [0.1, 0.15) is 36.5 Å². The van der Waals surface area contributed by atoms with E-state index in [0.29, 0.717) is 18.7 Å². The van der Waals surface area contributed by atoms with Gasteiger partial charge in [0, 0.05) is 24.7 Å². The molecule has 0 aromatic heterocycles. The smallest absolute Gasteiger partial charge is 0.254 e. The summed E-state index contributed by atoms with van der Waals surface area (Å²) in [5.74, 6) is 0.825. The molecule has 112 valence electrons. The molecule has 0 bridgehead atoms. The number of ether oxygens (including phenoxy) is 1. The van der Waals surface area contributed by atoms with Crippen LogP contribution < -0.4 is 10.5 Å². The number of hydrogen-bond acceptors (Lipinski definition) is 3. The minimum Gasteiger partial charge on any atom is -0.494 e. The Bertz CT molecular complexity index is 440. The van der Waals surface area contributed by atoms with Gasteiger partial charge >= 0.3 is 0 Å². The topological polar surface area (TPSA) is 55.6 Å². The zero-order valence-electron chi connectivity index (χ0n) is 11.9. The summed E-state index contributed by atoms with van der Waals surface area (Å²) >= 11 is 0. The van der Waals surface area contributed by atoms with Gasteiger partial charge in [0.15, 0.2) is 0 Å². The van der Waals surface area contributed by atoms with Crippen LogP contribution in [0.5, 0.6) is 5.75 Å². The number of benzene rings is 1. The Labute approximate surface area is 126 Å². The van der Waals surface area contributed by atoms with E-state index in [0.717, 1.165) is 31.6 Å². The fraction of sp³-hybridized carbons (Fsp3) is 0.533. The van der Waals surface area contributed by atoms with Gasteiger partial charge in [-0.05, 0) is 37.5 Å². The van der Waals surface area contributed by atoms with E-state index >= 15 is 0 Å². The number of halogens is 1. The Morgan fingerprint density at radius 1 is 1.50 bits per heavy atom. The van der Waals surface area contributed by atoms with Gasteiger partial charge in [0.05, 0.1) is 6.61 Å². The average Bonchev–Trinajstić information content (AvgIpc) is 2.93. The van der Waals surface area contributed by atoms with E-state index in [1.165, 1.54) is 0 Å². The van der Waals surface area contributed by atoms with Crippen LogP contribution in [0, 0.1) is 0 Å². The van der Waals surface area contributed by atoms with Crippen molar-refractivity contribution in [3.8, 4) is 5.75 Å². The molecule has 2 rings (SSSR count). The van der Waals surface area contributed by atoms with Crippen molar-refractivity contribution in [1.29, 1.82) is 0 Å². The predicted molar refractivity (Wildman–Crippen MR) is 82.6 cm³/mol. The SMILES string of the molecule is CCCOc1cccc(C(=O)N2CCCC2CN)c1.Cl. The highest BCUT2D eigenvalue weighted by Crippen LogP contribution is 2.21. The maximum absolute atomic E-state index is 12.5. The van der Waals surface area contributed by atoms with E-state index in [9.17, 15) is 4.79 Å². The van der Waals surface area contributed by atoms with E-state index in [-0.39, 0.29) is 24.4 Å². The Morgan fingerprint density at radius 2 is 2.30 bits per heavy atom. The Balaban J connectivity index is 0.00000200. The van der Waals surface area contributed by atoms with Crippen molar-refractivity contribution in [2.45, 2.75) is 32.2 Å². The fourth-order valence-corrected chi connectivity index (χ4v) is 2.45. The first-order chi connectivity index (χ1) is 9.26. The normalized spacial score (nSPS) is 17.7. The van der Waals surface area contributed by atoms with Crippen molar-refractivity contribution in [3.63, 3.8) is 0 Å². The molecule has 1 aliphatic heterocycles. The van der Waals surface area contributed by atoms with Gasteiger partial charge in [-0.1, -0.05) is 13.0 Å². The molecule has 0 spiro atoms. The summed E-state index contributed by atoms with van der Waals surface area (Å²) in [6.45, 7) is 4.08. The molecule has 0 saturated carbocycles. The van der Waals surface area contributed by atoms with Crippen LogP contribution in [-0.4, -0.2) is 36.5 Å². The highest BCUT2D eigenvalue weighted by molar-refractivity contribution is 5.95. The van der Waals surface area contributed by atoms with Crippen molar-refractivity contribution in [2.24, 2.45) is 5.73 Å². The molecule has 1 atom stereocenters. The molecule has 20 heavy (non-hydrogen) atoms. The standard InChI is InChI=1S/C15H22N2O2.ClH/c1-2-9-19-14-7-3-5-12(10-14)15(18)17-8-4-6-13(17)11-16;/h3,5,7,10,13H,2,4,6,8-9,11,16H2,1H3;1H. The lowest BCUT2D eigenvalue weighted by Crippen LogP contribution is -2.39. The van der Waals surface area contributed by atoms with E-state index in [2.05, 4.69) is 6.92 Å². The second-order valence-corrected chi connectivity index (χ2v) is 4.91. The molecule has 1 amide bonds. The maximum Gasteiger partial charge on any atom is 0.254 e. The van der Waals surface area contributed by atoms with Crippen LogP contribution in [0.4, 0.5) is 0 Å². The summed E-state index contributed by atoms with van der Waals surface area (Å²) in [4.78, 5) is 14.3. The van der Waals surface area contributed by atoms with E-state index in [1.54, 1.807) is 0 Å². The zero-order valence-corrected chi connectivity index (χ0v) is 12.7. The Kier molecular flexibility index (Phi) is 6.82. The minimum atomic E-state index is 0. The maximum atomic E-state index is 12.5. The number of likely N-dealkylation sites (tertiary alicyclic amines) is 1. The largest absolute Gasteiger partial charge is 0.494 e. The summed E-state index contributed by atoms with van der Waals surface area (Å²) < 4.78 is 5.57. The Hall–Kier alpha value is -1.26. The van der Waals surface area contributed by atoms with Crippen LogP contribution in [0.25, 0.3) is 0 Å². The summed E-state index contributed by atoms with van der Waals surface area (Å²) in [6, 6.07) is 7.60. The van der Waals surface area contributed by atoms with Crippen molar-refractivity contribution >= 4 is 18.3 Å². The molecule has 1 heterocycles. The molecule has 1 aliphatic rings. The Morgan fingerprint density at radius 3 is 3.00 bits per heavy atom. The van der Waals surface area contributed by atoms with E-state index in [1.807, 2.05) is 29.2 Å². The number of nitrogens with two attached hydrogens (primary N) is 1. The van der Waals surface area contributed by atoms with Crippen molar-refractivity contribution in [1.82, 2.24) is 4.90 Å². The molecule has 1 aromatic rings. The van der Waals surface area contributed by atoms with E-state index in [4.69, 9.17) is 10.5 Å². The summed E-state index contributed by atoms with van der Waals surface area (Å²) in [5, 5.41) is 0. The summed E-state index contributed by atoms with van der Waals surface area (Å²) in [6.07, 6.45) is 3.01. The molecule has 1 unspecified atom stereocenters. The lowest BCUT2D eigenvalue weighted by molar-refractivity contribution is 0.0740. The number of hydrogen-bond donors (Lipinski definition) is 1. The number of rotatable bonds is 5. The number of amides is 1. The lowest BCUT2D eigenvalue weighted by atomic mass is 10.1. The molecular weight excluding hydrogens is 276 g/mol. The average molecular weight is 299 g/mol. The zero-order chi connectivity index (χ0) is 13.7. The first-order valence-corrected chi connectivity index (χ1v) is 7.00. The van der Waals surface area contributed by atoms with Crippen LogP contribution in [0.2, 0.25) is 0 Å². The van der Waals surface area contributed by atoms with Gasteiger partial charge in [-0.3, -0.25) is 4.79 Å². The molecule has 0 aliphatic carbocycles.